The zero-order valence-electron chi connectivity index (χ0n) is 18.1. The number of aryl methyl sites for hydroxylation is 1. The van der Waals surface area contributed by atoms with Crippen molar-refractivity contribution in [2.24, 2.45) is 5.92 Å². The van der Waals surface area contributed by atoms with Crippen LogP contribution >= 0.6 is 0 Å². The van der Waals surface area contributed by atoms with Gasteiger partial charge in [0.15, 0.2) is 0 Å². The van der Waals surface area contributed by atoms with Gasteiger partial charge in [-0.05, 0) is 56.2 Å². The molecule has 3 aromatic rings. The number of nitrogens with zero attached hydrogens (tertiary/aromatic N) is 2. The third kappa shape index (κ3) is 4.30. The van der Waals surface area contributed by atoms with Crippen LogP contribution in [0, 0.1) is 12.8 Å². The van der Waals surface area contributed by atoms with Crippen LogP contribution in [0.5, 0.6) is 5.75 Å². The maximum absolute atomic E-state index is 12.9. The van der Waals surface area contributed by atoms with Crippen LogP contribution in [-0.4, -0.2) is 46.5 Å². The van der Waals surface area contributed by atoms with Crippen LogP contribution in [0.15, 0.2) is 59.5 Å². The Morgan fingerprint density at radius 1 is 1.06 bits per heavy atom. The number of H-pyrrole nitrogens is 1. The van der Waals surface area contributed by atoms with Gasteiger partial charge in [-0.1, -0.05) is 12.1 Å². The number of hydrogen-bond donors (Lipinski definition) is 2. The first-order chi connectivity index (χ1) is 15.5. The quantitative estimate of drug-likeness (QED) is 0.645. The number of carbonyl (C=O) groups is 2. The lowest BCUT2D eigenvalue weighted by Crippen LogP contribution is -2.41. The van der Waals surface area contributed by atoms with Crippen molar-refractivity contribution in [3.63, 3.8) is 0 Å². The number of piperidine rings is 1. The smallest absolute Gasteiger partial charge is 0.330 e. The van der Waals surface area contributed by atoms with Crippen molar-refractivity contribution in [1.82, 2.24) is 14.5 Å². The second-order valence-electron chi connectivity index (χ2n) is 7.87. The van der Waals surface area contributed by atoms with E-state index in [0.29, 0.717) is 48.6 Å². The molecule has 1 aliphatic rings. The standard InChI is InChI=1S/C24H26N4O4/c1-16-15-25-24(31)28(16)19-9-7-18(8-10-19)23(30)27-13-11-17(12-14-27)22(29)26-20-5-3-4-6-21(20)32-2/h3-10,15,17H,11-14H2,1-2H3,(H,25,31)(H,26,29). The number of methoxy groups -OCH3 is 1. The SMILES string of the molecule is COc1ccccc1NC(=O)C1CCN(C(=O)c2ccc(-n3c(C)c[nH]c3=O)cc2)CC1. The molecule has 166 valence electrons. The highest BCUT2D eigenvalue weighted by atomic mass is 16.5. The van der Waals surface area contributed by atoms with Gasteiger partial charge in [0.2, 0.25) is 5.91 Å². The molecule has 0 spiro atoms. The number of carbonyl (C=O) groups excluding carboxylic acids is 2. The highest BCUT2D eigenvalue weighted by Crippen LogP contribution is 2.26. The van der Waals surface area contributed by atoms with Crippen LogP contribution in [0.1, 0.15) is 28.9 Å². The van der Waals surface area contributed by atoms with Gasteiger partial charge >= 0.3 is 5.69 Å². The Kier molecular flexibility index (Phi) is 6.11. The minimum atomic E-state index is -0.213. The van der Waals surface area contributed by atoms with Gasteiger partial charge in [0.25, 0.3) is 5.91 Å². The highest BCUT2D eigenvalue weighted by Gasteiger charge is 2.28. The Morgan fingerprint density at radius 2 is 1.75 bits per heavy atom. The van der Waals surface area contributed by atoms with Crippen molar-refractivity contribution in [2.45, 2.75) is 19.8 Å². The molecule has 8 heteroatoms. The number of aromatic amines is 1. The minimum Gasteiger partial charge on any atom is -0.495 e. The van der Waals surface area contributed by atoms with Gasteiger partial charge < -0.3 is 19.9 Å². The van der Waals surface area contributed by atoms with E-state index in [1.54, 1.807) is 53.1 Å². The molecule has 0 aliphatic carbocycles. The predicted molar refractivity (Wildman–Crippen MR) is 121 cm³/mol. The van der Waals surface area contributed by atoms with Crippen molar-refractivity contribution < 1.29 is 14.3 Å². The molecule has 0 radical (unpaired) electrons. The van der Waals surface area contributed by atoms with E-state index in [9.17, 15) is 14.4 Å². The van der Waals surface area contributed by atoms with Gasteiger partial charge in [0.1, 0.15) is 5.75 Å². The summed E-state index contributed by atoms with van der Waals surface area (Å²) in [7, 11) is 1.57. The summed E-state index contributed by atoms with van der Waals surface area (Å²) in [6, 6.07) is 14.3. The molecule has 0 bridgehead atoms. The van der Waals surface area contributed by atoms with E-state index in [1.165, 1.54) is 0 Å². The number of aromatic nitrogens is 2. The van der Waals surface area contributed by atoms with Crippen LogP contribution in [0.3, 0.4) is 0 Å². The second kappa shape index (κ2) is 9.13. The van der Waals surface area contributed by atoms with Crippen molar-refractivity contribution in [1.29, 1.82) is 0 Å². The summed E-state index contributed by atoms with van der Waals surface area (Å²) in [4.78, 5) is 42.0. The number of rotatable bonds is 5. The molecule has 8 nitrogen and oxygen atoms in total. The number of benzene rings is 2. The summed E-state index contributed by atoms with van der Waals surface area (Å²) in [5, 5.41) is 2.94. The third-order valence-electron chi connectivity index (χ3n) is 5.85. The van der Waals surface area contributed by atoms with E-state index in [-0.39, 0.29) is 23.4 Å². The number of anilines is 1. The van der Waals surface area contributed by atoms with E-state index in [1.807, 2.05) is 25.1 Å². The van der Waals surface area contributed by atoms with Gasteiger partial charge in [0, 0.05) is 36.5 Å². The van der Waals surface area contributed by atoms with Crippen LogP contribution in [0.4, 0.5) is 5.69 Å². The van der Waals surface area contributed by atoms with E-state index < -0.39 is 0 Å². The minimum absolute atomic E-state index is 0.0572. The van der Waals surface area contributed by atoms with Gasteiger partial charge in [-0.3, -0.25) is 14.2 Å². The largest absolute Gasteiger partial charge is 0.495 e. The first-order valence-corrected chi connectivity index (χ1v) is 10.6. The predicted octanol–water partition coefficient (Wildman–Crippen LogP) is 2.97. The molecule has 1 saturated heterocycles. The summed E-state index contributed by atoms with van der Waals surface area (Å²) < 4.78 is 6.84. The molecule has 2 heterocycles. The Morgan fingerprint density at radius 3 is 2.38 bits per heavy atom. The lowest BCUT2D eigenvalue weighted by atomic mass is 9.95. The van der Waals surface area contributed by atoms with E-state index >= 15 is 0 Å². The van der Waals surface area contributed by atoms with Gasteiger partial charge in [-0.2, -0.15) is 0 Å². The Balaban J connectivity index is 1.36. The number of para-hydroxylation sites is 2. The van der Waals surface area contributed by atoms with Crippen LogP contribution < -0.4 is 15.7 Å². The van der Waals surface area contributed by atoms with Gasteiger partial charge in [-0.15, -0.1) is 0 Å². The fourth-order valence-corrected chi connectivity index (χ4v) is 4.04. The monoisotopic (exact) mass is 434 g/mol. The summed E-state index contributed by atoms with van der Waals surface area (Å²) in [5.74, 6) is 0.334. The average Bonchev–Trinajstić information content (AvgIpc) is 3.17. The molecule has 0 atom stereocenters. The normalized spacial score (nSPS) is 14.2. The second-order valence-corrected chi connectivity index (χ2v) is 7.87. The summed E-state index contributed by atoms with van der Waals surface area (Å²) >= 11 is 0. The molecule has 32 heavy (non-hydrogen) atoms. The summed E-state index contributed by atoms with van der Waals surface area (Å²) in [6.07, 6.45) is 2.85. The maximum atomic E-state index is 12.9. The number of likely N-dealkylation sites (tertiary alicyclic amines) is 1. The first kappa shape index (κ1) is 21.4. The van der Waals surface area contributed by atoms with E-state index in [4.69, 9.17) is 4.74 Å². The zero-order chi connectivity index (χ0) is 22.7. The van der Waals surface area contributed by atoms with E-state index in [2.05, 4.69) is 10.3 Å². The Hall–Kier alpha value is -3.81. The molecule has 0 unspecified atom stereocenters. The van der Waals surface area contributed by atoms with Gasteiger partial charge in [0.05, 0.1) is 18.5 Å². The van der Waals surface area contributed by atoms with Crippen LogP contribution in [-0.2, 0) is 4.79 Å². The molecule has 1 fully saturated rings. The third-order valence-corrected chi connectivity index (χ3v) is 5.85. The first-order valence-electron chi connectivity index (χ1n) is 10.6. The Bertz CT molecular complexity index is 1170. The molecule has 2 N–H and O–H groups in total. The molecule has 1 aromatic heterocycles. The zero-order valence-corrected chi connectivity index (χ0v) is 18.1. The summed E-state index contributed by atoms with van der Waals surface area (Å²) in [5.41, 5.74) is 2.50. The van der Waals surface area contributed by atoms with E-state index in [0.717, 1.165) is 5.69 Å². The van der Waals surface area contributed by atoms with Crippen LogP contribution in [0.25, 0.3) is 5.69 Å². The van der Waals surface area contributed by atoms with Crippen molar-refractivity contribution in [3.05, 3.63) is 76.5 Å². The van der Waals surface area contributed by atoms with Crippen LogP contribution in [0.2, 0.25) is 0 Å². The molecular formula is C24H26N4O4. The molecule has 4 rings (SSSR count). The number of amides is 2. The average molecular weight is 434 g/mol. The van der Waals surface area contributed by atoms with Crippen molar-refractivity contribution in [3.8, 4) is 11.4 Å². The molecular weight excluding hydrogens is 408 g/mol. The molecule has 2 aromatic carbocycles. The number of ether oxygens (including phenoxy) is 1. The molecule has 2 amide bonds. The number of nitrogens with one attached hydrogen (secondary N) is 2. The lowest BCUT2D eigenvalue weighted by Gasteiger charge is -2.31. The fourth-order valence-electron chi connectivity index (χ4n) is 4.04. The summed E-state index contributed by atoms with van der Waals surface area (Å²) in [6.45, 7) is 2.87. The fraction of sp³-hybridized carbons (Fsp3) is 0.292. The van der Waals surface area contributed by atoms with Crippen molar-refractivity contribution >= 4 is 17.5 Å². The van der Waals surface area contributed by atoms with Gasteiger partial charge in [-0.25, -0.2) is 4.79 Å². The molecule has 1 aliphatic heterocycles. The highest BCUT2D eigenvalue weighted by molar-refractivity contribution is 5.96. The maximum Gasteiger partial charge on any atom is 0.330 e. The number of hydrogen-bond acceptors (Lipinski definition) is 4. The number of imidazole rings is 1. The Labute approximate surface area is 185 Å². The van der Waals surface area contributed by atoms with Crippen molar-refractivity contribution in [2.75, 3.05) is 25.5 Å². The molecule has 0 saturated carbocycles. The topological polar surface area (TPSA) is 96.4 Å². The lowest BCUT2D eigenvalue weighted by molar-refractivity contribution is -0.121.